The molecule has 1 atom stereocenters. The van der Waals surface area contributed by atoms with Crippen molar-refractivity contribution in [1.82, 2.24) is 9.97 Å². The fourth-order valence-corrected chi connectivity index (χ4v) is 1.88. The first-order chi connectivity index (χ1) is 9.69. The van der Waals surface area contributed by atoms with Gasteiger partial charge in [-0.2, -0.15) is 4.98 Å². The SMILES string of the molecule is CCCC(C)COc1cc(NCC)nc(COCC)n1. The van der Waals surface area contributed by atoms with Crippen LogP contribution < -0.4 is 10.1 Å². The average Bonchev–Trinajstić information content (AvgIpc) is 2.43. The van der Waals surface area contributed by atoms with Crippen LogP contribution in [0.2, 0.25) is 0 Å². The Labute approximate surface area is 122 Å². The summed E-state index contributed by atoms with van der Waals surface area (Å²) in [6.45, 7) is 10.9. The summed E-state index contributed by atoms with van der Waals surface area (Å²) in [6.07, 6.45) is 2.34. The zero-order chi connectivity index (χ0) is 14.8. The van der Waals surface area contributed by atoms with Crippen LogP contribution in [0.25, 0.3) is 0 Å². The molecule has 0 aliphatic carbocycles. The molecule has 0 saturated heterocycles. The Hall–Kier alpha value is -1.36. The normalized spacial score (nSPS) is 12.2. The Kier molecular flexibility index (Phi) is 7.95. The van der Waals surface area contributed by atoms with Gasteiger partial charge in [0, 0.05) is 19.2 Å². The molecule has 0 fully saturated rings. The molecule has 5 heteroatoms. The van der Waals surface area contributed by atoms with Gasteiger partial charge in [-0.15, -0.1) is 0 Å². The minimum Gasteiger partial charge on any atom is -0.477 e. The summed E-state index contributed by atoms with van der Waals surface area (Å²) in [6, 6.07) is 1.84. The van der Waals surface area contributed by atoms with E-state index in [4.69, 9.17) is 9.47 Å². The average molecular weight is 281 g/mol. The molecule has 0 radical (unpaired) electrons. The molecule has 1 aromatic rings. The van der Waals surface area contributed by atoms with E-state index in [0.717, 1.165) is 18.8 Å². The van der Waals surface area contributed by atoms with E-state index in [1.165, 1.54) is 6.42 Å². The van der Waals surface area contributed by atoms with Gasteiger partial charge in [0.05, 0.1) is 6.61 Å². The standard InChI is InChI=1S/C15H27N3O2/c1-5-8-12(4)10-20-15-9-13(16-6-2)17-14(18-15)11-19-7-3/h9,12H,5-8,10-11H2,1-4H3,(H,16,17,18). The second-order valence-electron chi connectivity index (χ2n) is 4.88. The first-order valence-electron chi connectivity index (χ1n) is 7.51. The Bertz CT molecular complexity index is 385. The summed E-state index contributed by atoms with van der Waals surface area (Å²) in [7, 11) is 0. The maximum Gasteiger partial charge on any atom is 0.218 e. The summed E-state index contributed by atoms with van der Waals surface area (Å²) < 4.78 is 11.1. The molecule has 1 aromatic heterocycles. The van der Waals surface area contributed by atoms with Crippen molar-refractivity contribution in [1.29, 1.82) is 0 Å². The number of hydrogen-bond donors (Lipinski definition) is 1. The zero-order valence-electron chi connectivity index (χ0n) is 13.1. The van der Waals surface area contributed by atoms with Crippen LogP contribution in [0.15, 0.2) is 6.07 Å². The lowest BCUT2D eigenvalue weighted by molar-refractivity contribution is 0.127. The lowest BCUT2D eigenvalue weighted by Crippen LogP contribution is -2.11. The number of anilines is 1. The van der Waals surface area contributed by atoms with Gasteiger partial charge in [0.2, 0.25) is 5.88 Å². The summed E-state index contributed by atoms with van der Waals surface area (Å²) in [5.41, 5.74) is 0. The van der Waals surface area contributed by atoms with Gasteiger partial charge in [-0.25, -0.2) is 4.98 Å². The third-order valence-electron chi connectivity index (χ3n) is 2.84. The lowest BCUT2D eigenvalue weighted by atomic mass is 10.1. The molecule has 0 spiro atoms. The largest absolute Gasteiger partial charge is 0.477 e. The highest BCUT2D eigenvalue weighted by atomic mass is 16.5. The van der Waals surface area contributed by atoms with Crippen LogP contribution in [0.4, 0.5) is 5.82 Å². The quantitative estimate of drug-likeness (QED) is 0.713. The van der Waals surface area contributed by atoms with Crippen LogP contribution >= 0.6 is 0 Å². The fraction of sp³-hybridized carbons (Fsp3) is 0.733. The van der Waals surface area contributed by atoms with Gasteiger partial charge in [0.15, 0.2) is 5.82 Å². The second-order valence-corrected chi connectivity index (χ2v) is 4.88. The molecule has 1 rings (SSSR count). The van der Waals surface area contributed by atoms with E-state index in [0.29, 0.717) is 37.4 Å². The highest BCUT2D eigenvalue weighted by Crippen LogP contribution is 2.16. The predicted octanol–water partition coefficient (Wildman–Crippen LogP) is 3.26. The first-order valence-corrected chi connectivity index (χ1v) is 7.51. The van der Waals surface area contributed by atoms with Crippen molar-refractivity contribution in [2.24, 2.45) is 5.92 Å². The molecule has 0 bridgehead atoms. The van der Waals surface area contributed by atoms with Crippen molar-refractivity contribution < 1.29 is 9.47 Å². The Morgan fingerprint density at radius 2 is 2.05 bits per heavy atom. The van der Waals surface area contributed by atoms with Crippen LogP contribution in [0.3, 0.4) is 0 Å². The summed E-state index contributed by atoms with van der Waals surface area (Å²) in [5.74, 6) is 2.60. The number of hydrogen-bond acceptors (Lipinski definition) is 5. The van der Waals surface area contributed by atoms with Gasteiger partial charge >= 0.3 is 0 Å². The molecule has 5 nitrogen and oxygen atoms in total. The van der Waals surface area contributed by atoms with Crippen LogP contribution in [-0.4, -0.2) is 29.7 Å². The van der Waals surface area contributed by atoms with E-state index in [9.17, 15) is 0 Å². The summed E-state index contributed by atoms with van der Waals surface area (Å²) >= 11 is 0. The highest BCUT2D eigenvalue weighted by Gasteiger charge is 2.07. The fourth-order valence-electron chi connectivity index (χ4n) is 1.88. The van der Waals surface area contributed by atoms with E-state index < -0.39 is 0 Å². The minimum atomic E-state index is 0.413. The van der Waals surface area contributed by atoms with Gasteiger partial charge in [-0.3, -0.25) is 0 Å². The summed E-state index contributed by atoms with van der Waals surface area (Å²) in [4.78, 5) is 8.78. The van der Waals surface area contributed by atoms with Crippen molar-refractivity contribution in [3.8, 4) is 5.88 Å². The van der Waals surface area contributed by atoms with E-state index in [1.54, 1.807) is 0 Å². The third-order valence-corrected chi connectivity index (χ3v) is 2.84. The van der Waals surface area contributed by atoms with Crippen molar-refractivity contribution in [2.45, 2.75) is 47.1 Å². The molecular weight excluding hydrogens is 254 g/mol. The van der Waals surface area contributed by atoms with E-state index in [-0.39, 0.29) is 0 Å². The van der Waals surface area contributed by atoms with Gasteiger partial charge in [-0.1, -0.05) is 20.3 Å². The minimum absolute atomic E-state index is 0.413. The molecule has 0 amide bonds. The molecular formula is C15H27N3O2. The molecule has 114 valence electrons. The van der Waals surface area contributed by atoms with Crippen molar-refractivity contribution in [2.75, 3.05) is 25.1 Å². The molecule has 0 saturated carbocycles. The zero-order valence-corrected chi connectivity index (χ0v) is 13.1. The monoisotopic (exact) mass is 281 g/mol. The van der Waals surface area contributed by atoms with Crippen LogP contribution in [0, 0.1) is 5.92 Å². The van der Waals surface area contributed by atoms with Crippen LogP contribution in [0.5, 0.6) is 5.88 Å². The topological polar surface area (TPSA) is 56.3 Å². The summed E-state index contributed by atoms with van der Waals surface area (Å²) in [5, 5.41) is 3.19. The Morgan fingerprint density at radius 3 is 2.70 bits per heavy atom. The number of nitrogens with zero attached hydrogens (tertiary/aromatic N) is 2. The first kappa shape index (κ1) is 16.7. The maximum absolute atomic E-state index is 5.78. The van der Waals surface area contributed by atoms with Crippen molar-refractivity contribution in [3.63, 3.8) is 0 Å². The molecule has 1 N–H and O–H groups in total. The van der Waals surface area contributed by atoms with E-state index in [1.807, 2.05) is 19.9 Å². The third kappa shape index (κ3) is 6.19. The molecule has 0 aromatic carbocycles. The molecule has 1 unspecified atom stereocenters. The molecule has 0 aliphatic rings. The van der Waals surface area contributed by atoms with Crippen molar-refractivity contribution in [3.05, 3.63) is 11.9 Å². The van der Waals surface area contributed by atoms with Gasteiger partial charge < -0.3 is 14.8 Å². The maximum atomic E-state index is 5.78. The number of aromatic nitrogens is 2. The van der Waals surface area contributed by atoms with E-state index in [2.05, 4.69) is 29.1 Å². The lowest BCUT2D eigenvalue weighted by Gasteiger charge is -2.13. The van der Waals surface area contributed by atoms with E-state index >= 15 is 0 Å². The highest BCUT2D eigenvalue weighted by molar-refractivity contribution is 5.38. The van der Waals surface area contributed by atoms with Crippen LogP contribution in [-0.2, 0) is 11.3 Å². The smallest absolute Gasteiger partial charge is 0.218 e. The molecule has 1 heterocycles. The molecule has 20 heavy (non-hydrogen) atoms. The van der Waals surface area contributed by atoms with Crippen LogP contribution in [0.1, 0.15) is 46.4 Å². The van der Waals surface area contributed by atoms with Gasteiger partial charge in [0.25, 0.3) is 0 Å². The number of ether oxygens (including phenoxy) is 2. The Balaban J connectivity index is 2.69. The second kappa shape index (κ2) is 9.53. The molecule has 0 aliphatic heterocycles. The predicted molar refractivity (Wildman–Crippen MR) is 81.1 cm³/mol. The number of rotatable bonds is 10. The number of nitrogens with one attached hydrogen (secondary N) is 1. The van der Waals surface area contributed by atoms with Crippen molar-refractivity contribution >= 4 is 5.82 Å². The Morgan fingerprint density at radius 1 is 1.25 bits per heavy atom. The van der Waals surface area contributed by atoms with Gasteiger partial charge in [0.1, 0.15) is 12.4 Å². The van der Waals surface area contributed by atoms with Gasteiger partial charge in [-0.05, 0) is 26.2 Å².